The van der Waals surface area contributed by atoms with Gasteiger partial charge in [-0.1, -0.05) is 33.1 Å². The summed E-state index contributed by atoms with van der Waals surface area (Å²) < 4.78 is 10.6. The van der Waals surface area contributed by atoms with E-state index in [2.05, 4.69) is 13.8 Å². The van der Waals surface area contributed by atoms with Gasteiger partial charge in [0.05, 0.1) is 19.8 Å². The Labute approximate surface area is 122 Å². The Kier molecular flexibility index (Phi) is 6.34. The minimum Gasteiger partial charge on any atom is -0.497 e. The minimum absolute atomic E-state index is 0.186. The predicted octanol–water partition coefficient (Wildman–Crippen LogP) is 4.13. The number of rotatable bonds is 8. The maximum absolute atomic E-state index is 10.9. The number of ether oxygens (including phenoxy) is 2. The van der Waals surface area contributed by atoms with Gasteiger partial charge in [0.25, 0.3) is 0 Å². The molecule has 0 heterocycles. The first-order valence-electron chi connectivity index (χ1n) is 7.41. The maximum atomic E-state index is 10.9. The quantitative estimate of drug-likeness (QED) is 0.728. The second-order valence-corrected chi connectivity index (χ2v) is 5.65. The molecule has 3 heteroatoms. The van der Waals surface area contributed by atoms with Crippen LogP contribution >= 0.6 is 0 Å². The summed E-state index contributed by atoms with van der Waals surface area (Å²) in [5.41, 5.74) is -0.0343. The third-order valence-corrected chi connectivity index (χ3v) is 4.14. The van der Waals surface area contributed by atoms with Gasteiger partial charge < -0.3 is 14.6 Å². The van der Waals surface area contributed by atoms with Crippen LogP contribution < -0.4 is 9.47 Å². The minimum atomic E-state index is -0.879. The van der Waals surface area contributed by atoms with Gasteiger partial charge in [-0.25, -0.2) is 0 Å². The van der Waals surface area contributed by atoms with Gasteiger partial charge in [-0.2, -0.15) is 0 Å². The number of hydrogen-bond acceptors (Lipinski definition) is 3. The second-order valence-electron chi connectivity index (χ2n) is 5.65. The Morgan fingerprint density at radius 3 is 2.10 bits per heavy atom. The summed E-state index contributed by atoms with van der Waals surface area (Å²) >= 11 is 0. The lowest BCUT2D eigenvalue weighted by Crippen LogP contribution is -2.30. The van der Waals surface area contributed by atoms with Crippen LogP contribution in [0.15, 0.2) is 18.2 Å². The van der Waals surface area contributed by atoms with E-state index in [0.717, 1.165) is 18.4 Å². The fourth-order valence-electron chi connectivity index (χ4n) is 2.37. The average molecular weight is 280 g/mol. The Morgan fingerprint density at radius 1 is 1.10 bits per heavy atom. The van der Waals surface area contributed by atoms with E-state index in [9.17, 15) is 5.11 Å². The number of aliphatic hydroxyl groups is 1. The van der Waals surface area contributed by atoms with Crippen LogP contribution in [0.1, 0.15) is 52.0 Å². The van der Waals surface area contributed by atoms with Gasteiger partial charge >= 0.3 is 0 Å². The van der Waals surface area contributed by atoms with Gasteiger partial charge in [0.2, 0.25) is 0 Å². The van der Waals surface area contributed by atoms with Crippen LogP contribution in [0.5, 0.6) is 11.5 Å². The molecule has 0 bridgehead atoms. The predicted molar refractivity (Wildman–Crippen MR) is 82.4 cm³/mol. The number of methoxy groups -OCH3 is 2. The molecule has 20 heavy (non-hydrogen) atoms. The molecule has 114 valence electrons. The Morgan fingerprint density at radius 2 is 1.65 bits per heavy atom. The van der Waals surface area contributed by atoms with Crippen molar-refractivity contribution in [2.45, 2.75) is 52.1 Å². The van der Waals surface area contributed by atoms with E-state index >= 15 is 0 Å². The third-order valence-electron chi connectivity index (χ3n) is 4.14. The lowest BCUT2D eigenvalue weighted by atomic mass is 9.81. The summed E-state index contributed by atoms with van der Waals surface area (Å²) in [7, 11) is 3.25. The van der Waals surface area contributed by atoms with Gasteiger partial charge in [-0.15, -0.1) is 0 Å². The molecule has 0 aliphatic rings. The van der Waals surface area contributed by atoms with Crippen molar-refractivity contribution < 1.29 is 14.6 Å². The second kappa shape index (κ2) is 7.53. The highest BCUT2D eigenvalue weighted by Crippen LogP contribution is 2.36. The van der Waals surface area contributed by atoms with E-state index in [1.54, 1.807) is 14.2 Å². The van der Waals surface area contributed by atoms with Gasteiger partial charge in [-0.05, 0) is 37.0 Å². The molecule has 0 radical (unpaired) electrons. The van der Waals surface area contributed by atoms with Crippen molar-refractivity contribution in [2.24, 2.45) is 5.92 Å². The van der Waals surface area contributed by atoms with Crippen LogP contribution in [0.3, 0.4) is 0 Å². The summed E-state index contributed by atoms with van der Waals surface area (Å²) in [6.45, 7) is 6.16. The molecule has 1 aromatic rings. The standard InChI is InChI=1S/C17H28O3/c1-6-7-8-9-13(2)17(3,18)14-10-15(19-4)12-16(11-14)20-5/h10-13,18H,6-9H2,1-5H3/t13-,17-/m0/s1. The van der Waals surface area contributed by atoms with Gasteiger partial charge in [-0.3, -0.25) is 0 Å². The summed E-state index contributed by atoms with van der Waals surface area (Å²) in [5, 5.41) is 10.9. The van der Waals surface area contributed by atoms with Crippen LogP contribution in [0.25, 0.3) is 0 Å². The fourth-order valence-corrected chi connectivity index (χ4v) is 2.37. The van der Waals surface area contributed by atoms with Crippen molar-refractivity contribution in [2.75, 3.05) is 14.2 Å². The zero-order valence-corrected chi connectivity index (χ0v) is 13.4. The molecule has 3 nitrogen and oxygen atoms in total. The number of benzene rings is 1. The number of hydrogen-bond donors (Lipinski definition) is 1. The average Bonchev–Trinajstić information content (AvgIpc) is 2.46. The molecule has 0 aliphatic carbocycles. The van der Waals surface area contributed by atoms with Gasteiger partial charge in [0.1, 0.15) is 11.5 Å². The van der Waals surface area contributed by atoms with Crippen molar-refractivity contribution in [1.82, 2.24) is 0 Å². The normalized spacial score (nSPS) is 15.5. The molecule has 1 N–H and O–H groups in total. The zero-order chi connectivity index (χ0) is 15.2. The third kappa shape index (κ3) is 4.14. The van der Waals surface area contributed by atoms with Gasteiger partial charge in [0.15, 0.2) is 0 Å². The molecule has 0 saturated heterocycles. The zero-order valence-electron chi connectivity index (χ0n) is 13.4. The first-order valence-corrected chi connectivity index (χ1v) is 7.41. The first kappa shape index (κ1) is 16.8. The van der Waals surface area contributed by atoms with E-state index in [4.69, 9.17) is 9.47 Å². The molecule has 0 fully saturated rings. The lowest BCUT2D eigenvalue weighted by Gasteiger charge is -2.31. The molecule has 0 amide bonds. The maximum Gasteiger partial charge on any atom is 0.122 e. The Balaban J connectivity index is 2.94. The van der Waals surface area contributed by atoms with Crippen molar-refractivity contribution in [3.63, 3.8) is 0 Å². The molecule has 0 aromatic heterocycles. The Hall–Kier alpha value is -1.22. The number of unbranched alkanes of at least 4 members (excludes halogenated alkanes) is 2. The lowest BCUT2D eigenvalue weighted by molar-refractivity contribution is -0.00319. The molecule has 0 unspecified atom stereocenters. The summed E-state index contributed by atoms with van der Waals surface area (Å²) in [6, 6.07) is 5.60. The SMILES string of the molecule is CCCCC[C@H](C)[C@](C)(O)c1cc(OC)cc(OC)c1. The van der Waals surface area contributed by atoms with Gasteiger partial charge in [0, 0.05) is 6.07 Å². The molecule has 0 aliphatic heterocycles. The highest BCUT2D eigenvalue weighted by atomic mass is 16.5. The van der Waals surface area contributed by atoms with E-state index in [1.807, 2.05) is 25.1 Å². The molecule has 2 atom stereocenters. The highest BCUT2D eigenvalue weighted by molar-refractivity contribution is 5.41. The molecular weight excluding hydrogens is 252 g/mol. The van der Waals surface area contributed by atoms with Crippen molar-refractivity contribution >= 4 is 0 Å². The molecule has 1 rings (SSSR count). The molecule has 0 saturated carbocycles. The summed E-state index contributed by atoms with van der Waals surface area (Å²) in [5.74, 6) is 1.60. The summed E-state index contributed by atoms with van der Waals surface area (Å²) in [4.78, 5) is 0. The van der Waals surface area contributed by atoms with Crippen LogP contribution in [0.2, 0.25) is 0 Å². The topological polar surface area (TPSA) is 38.7 Å². The first-order chi connectivity index (χ1) is 9.45. The van der Waals surface area contributed by atoms with Crippen LogP contribution in [-0.2, 0) is 5.60 Å². The summed E-state index contributed by atoms with van der Waals surface area (Å²) in [6.07, 6.45) is 4.57. The van der Waals surface area contributed by atoms with E-state index in [1.165, 1.54) is 12.8 Å². The van der Waals surface area contributed by atoms with Crippen molar-refractivity contribution in [1.29, 1.82) is 0 Å². The van der Waals surface area contributed by atoms with Crippen LogP contribution in [-0.4, -0.2) is 19.3 Å². The van der Waals surface area contributed by atoms with E-state index in [-0.39, 0.29) is 5.92 Å². The Bertz CT molecular complexity index is 390. The van der Waals surface area contributed by atoms with Crippen molar-refractivity contribution in [3.05, 3.63) is 23.8 Å². The molecule has 1 aromatic carbocycles. The molecular formula is C17H28O3. The largest absolute Gasteiger partial charge is 0.497 e. The smallest absolute Gasteiger partial charge is 0.122 e. The molecule has 0 spiro atoms. The van der Waals surface area contributed by atoms with Crippen LogP contribution in [0.4, 0.5) is 0 Å². The highest BCUT2D eigenvalue weighted by Gasteiger charge is 2.31. The fraction of sp³-hybridized carbons (Fsp3) is 0.647. The van der Waals surface area contributed by atoms with Crippen LogP contribution in [0, 0.1) is 5.92 Å². The van der Waals surface area contributed by atoms with E-state index in [0.29, 0.717) is 11.5 Å². The van der Waals surface area contributed by atoms with E-state index < -0.39 is 5.60 Å². The van der Waals surface area contributed by atoms with Crippen molar-refractivity contribution in [3.8, 4) is 11.5 Å². The monoisotopic (exact) mass is 280 g/mol.